The van der Waals surface area contributed by atoms with Crippen LogP contribution in [0.3, 0.4) is 0 Å². The van der Waals surface area contributed by atoms with Gasteiger partial charge in [-0.25, -0.2) is 13.1 Å². The summed E-state index contributed by atoms with van der Waals surface area (Å²) in [7, 11) is 1.14. The van der Waals surface area contributed by atoms with Crippen molar-refractivity contribution in [3.8, 4) is 11.5 Å². The molecule has 0 spiro atoms. The van der Waals surface area contributed by atoms with Gasteiger partial charge in [0.2, 0.25) is 10.0 Å². The van der Waals surface area contributed by atoms with Gasteiger partial charge in [-0.2, -0.15) is 0 Å². The number of sulfonamides is 1. The fraction of sp³-hybridized carbons (Fsp3) is 0.400. The van der Waals surface area contributed by atoms with Gasteiger partial charge in [-0.1, -0.05) is 0 Å². The van der Waals surface area contributed by atoms with Crippen molar-refractivity contribution in [1.29, 1.82) is 0 Å². The maximum Gasteiger partial charge on any atom is 0.215 e. The molecule has 0 saturated heterocycles. The number of rotatable bonds is 5. The molecular weight excluding hydrogens is 230 g/mol. The van der Waals surface area contributed by atoms with Crippen LogP contribution in [0, 0.1) is 0 Å². The fourth-order valence-electron chi connectivity index (χ4n) is 1.24. The van der Waals surface area contributed by atoms with Gasteiger partial charge in [0.05, 0.1) is 20.0 Å². The molecule has 5 nitrogen and oxygen atoms in total. The average molecular weight is 245 g/mol. The van der Waals surface area contributed by atoms with Crippen molar-refractivity contribution >= 4 is 10.0 Å². The first kappa shape index (κ1) is 12.8. The molecule has 16 heavy (non-hydrogen) atoms. The molecule has 0 aliphatic carbocycles. The van der Waals surface area contributed by atoms with E-state index in [0.29, 0.717) is 17.1 Å². The van der Waals surface area contributed by atoms with E-state index in [9.17, 15) is 8.42 Å². The first-order valence-corrected chi connectivity index (χ1v) is 6.29. The van der Waals surface area contributed by atoms with Crippen LogP contribution in [0.5, 0.6) is 11.5 Å². The summed E-state index contributed by atoms with van der Waals surface area (Å²) in [5.74, 6) is 1.04. The van der Waals surface area contributed by atoms with Gasteiger partial charge in [0, 0.05) is 6.07 Å². The van der Waals surface area contributed by atoms with E-state index in [2.05, 4.69) is 4.72 Å². The van der Waals surface area contributed by atoms with Crippen LogP contribution in [0.25, 0.3) is 0 Å². The quantitative estimate of drug-likeness (QED) is 0.831. The molecule has 0 amide bonds. The molecule has 1 aromatic carbocycles. The molecule has 0 radical (unpaired) electrons. The molecule has 0 fully saturated rings. The van der Waals surface area contributed by atoms with Gasteiger partial charge in [0.15, 0.2) is 0 Å². The first-order chi connectivity index (χ1) is 7.50. The lowest BCUT2D eigenvalue weighted by molar-refractivity contribution is 0.393. The van der Waals surface area contributed by atoms with Gasteiger partial charge in [0.25, 0.3) is 0 Å². The highest BCUT2D eigenvalue weighted by atomic mass is 32.2. The van der Waals surface area contributed by atoms with E-state index in [1.165, 1.54) is 21.3 Å². The Bertz CT molecular complexity index is 434. The van der Waals surface area contributed by atoms with Crippen molar-refractivity contribution in [2.45, 2.75) is 5.75 Å². The molecule has 0 aliphatic rings. The first-order valence-electron chi connectivity index (χ1n) is 4.64. The molecular formula is C10H15NO4S. The maximum atomic E-state index is 11.4. The molecule has 0 heterocycles. The van der Waals surface area contributed by atoms with Gasteiger partial charge < -0.3 is 9.47 Å². The predicted octanol–water partition coefficient (Wildman–Crippen LogP) is 0.753. The Morgan fingerprint density at radius 1 is 1.12 bits per heavy atom. The molecule has 0 saturated carbocycles. The van der Waals surface area contributed by atoms with E-state index in [1.54, 1.807) is 18.2 Å². The van der Waals surface area contributed by atoms with Gasteiger partial charge in [0.1, 0.15) is 11.5 Å². The van der Waals surface area contributed by atoms with Crippen LogP contribution in [0.1, 0.15) is 5.56 Å². The number of ether oxygens (including phenoxy) is 2. The Kier molecular flexibility index (Phi) is 4.14. The molecule has 6 heteroatoms. The molecule has 0 aromatic heterocycles. The second-order valence-corrected chi connectivity index (χ2v) is 5.11. The van der Waals surface area contributed by atoms with Crippen LogP contribution < -0.4 is 14.2 Å². The fourth-order valence-corrected chi connectivity index (χ4v) is 1.99. The summed E-state index contributed by atoms with van der Waals surface area (Å²) in [6, 6.07) is 5.02. The lowest BCUT2D eigenvalue weighted by atomic mass is 10.2. The lowest BCUT2D eigenvalue weighted by Gasteiger charge is -2.08. The Hall–Kier alpha value is -1.27. The highest BCUT2D eigenvalue weighted by molar-refractivity contribution is 7.88. The van der Waals surface area contributed by atoms with Gasteiger partial charge in [-0.3, -0.25) is 0 Å². The molecule has 1 rings (SSSR count). The summed E-state index contributed by atoms with van der Waals surface area (Å²) < 4.78 is 35.1. The molecule has 0 aliphatic heterocycles. The molecule has 0 atom stereocenters. The zero-order valence-corrected chi connectivity index (χ0v) is 10.3. The molecule has 1 N–H and O–H groups in total. The minimum absolute atomic E-state index is 0.100. The van der Waals surface area contributed by atoms with Crippen molar-refractivity contribution < 1.29 is 17.9 Å². The highest BCUT2D eigenvalue weighted by Gasteiger charge is 2.10. The van der Waals surface area contributed by atoms with Gasteiger partial charge in [-0.15, -0.1) is 0 Å². The number of methoxy groups -OCH3 is 2. The molecule has 0 bridgehead atoms. The Morgan fingerprint density at radius 2 is 1.62 bits per heavy atom. The van der Waals surface area contributed by atoms with Crippen molar-refractivity contribution in [3.63, 3.8) is 0 Å². The van der Waals surface area contributed by atoms with Crippen LogP contribution in [0.15, 0.2) is 18.2 Å². The van der Waals surface area contributed by atoms with Crippen LogP contribution >= 0.6 is 0 Å². The lowest BCUT2D eigenvalue weighted by Crippen LogP contribution is -2.20. The van der Waals surface area contributed by atoms with Crippen LogP contribution in [0.4, 0.5) is 0 Å². The minimum atomic E-state index is -3.28. The number of hydrogen-bond donors (Lipinski definition) is 1. The summed E-state index contributed by atoms with van der Waals surface area (Å²) >= 11 is 0. The second-order valence-electron chi connectivity index (χ2n) is 3.18. The van der Waals surface area contributed by atoms with Crippen molar-refractivity contribution in [2.75, 3.05) is 21.3 Å². The number of nitrogens with one attached hydrogen (secondary N) is 1. The normalized spacial score (nSPS) is 11.2. The van der Waals surface area contributed by atoms with E-state index in [-0.39, 0.29) is 5.75 Å². The summed E-state index contributed by atoms with van der Waals surface area (Å²) in [6.07, 6.45) is 0. The number of hydrogen-bond acceptors (Lipinski definition) is 4. The summed E-state index contributed by atoms with van der Waals surface area (Å²) in [6.45, 7) is 0. The van der Waals surface area contributed by atoms with E-state index in [4.69, 9.17) is 9.47 Å². The Balaban J connectivity index is 3.04. The summed E-state index contributed by atoms with van der Waals surface area (Å²) in [4.78, 5) is 0. The third-order valence-corrected chi connectivity index (χ3v) is 3.41. The highest BCUT2D eigenvalue weighted by Crippen LogP contribution is 2.23. The third kappa shape index (κ3) is 3.39. The monoisotopic (exact) mass is 245 g/mol. The molecule has 1 aromatic rings. The SMILES string of the molecule is CNS(=O)(=O)Cc1cc(OC)cc(OC)c1. The largest absolute Gasteiger partial charge is 0.497 e. The molecule has 90 valence electrons. The van der Waals surface area contributed by atoms with E-state index in [1.807, 2.05) is 0 Å². The zero-order valence-electron chi connectivity index (χ0n) is 9.48. The van der Waals surface area contributed by atoms with Crippen LogP contribution in [-0.2, 0) is 15.8 Å². The number of benzene rings is 1. The predicted molar refractivity (Wildman–Crippen MR) is 61.2 cm³/mol. The smallest absolute Gasteiger partial charge is 0.215 e. The van der Waals surface area contributed by atoms with Gasteiger partial charge in [-0.05, 0) is 24.7 Å². The van der Waals surface area contributed by atoms with E-state index < -0.39 is 10.0 Å². The topological polar surface area (TPSA) is 64.6 Å². The van der Waals surface area contributed by atoms with Crippen LogP contribution in [0.2, 0.25) is 0 Å². The minimum Gasteiger partial charge on any atom is -0.497 e. The van der Waals surface area contributed by atoms with Crippen LogP contribution in [-0.4, -0.2) is 29.7 Å². The second kappa shape index (κ2) is 5.18. The average Bonchev–Trinajstić information content (AvgIpc) is 2.28. The van der Waals surface area contributed by atoms with Crippen molar-refractivity contribution in [1.82, 2.24) is 4.72 Å². The maximum absolute atomic E-state index is 11.4. The Morgan fingerprint density at radius 3 is 2.00 bits per heavy atom. The third-order valence-electron chi connectivity index (χ3n) is 2.08. The standard InChI is InChI=1S/C10H15NO4S/c1-11-16(12,13)7-8-4-9(14-2)6-10(5-8)15-3/h4-6,11H,7H2,1-3H3. The zero-order chi connectivity index (χ0) is 12.2. The summed E-state index contributed by atoms with van der Waals surface area (Å²) in [5, 5.41) is 0. The van der Waals surface area contributed by atoms with Crippen molar-refractivity contribution in [3.05, 3.63) is 23.8 Å². The van der Waals surface area contributed by atoms with E-state index in [0.717, 1.165) is 0 Å². The molecule has 0 unspecified atom stereocenters. The Labute approximate surface area is 95.4 Å². The van der Waals surface area contributed by atoms with E-state index >= 15 is 0 Å². The summed E-state index contributed by atoms with van der Waals surface area (Å²) in [5.41, 5.74) is 0.616. The van der Waals surface area contributed by atoms with Gasteiger partial charge >= 0.3 is 0 Å². The van der Waals surface area contributed by atoms with Crippen molar-refractivity contribution in [2.24, 2.45) is 0 Å².